The Morgan fingerprint density at radius 1 is 0.556 bits per heavy atom. The maximum atomic E-state index is 13.4. The molecular weight excluding hydrogens is 482 g/mol. The average Bonchev–Trinajstić information content (AvgIpc) is 2.82. The lowest BCUT2D eigenvalue weighted by Gasteiger charge is -2.27. The van der Waals surface area contributed by atoms with Gasteiger partial charge < -0.3 is 10.6 Å². The summed E-state index contributed by atoms with van der Waals surface area (Å²) in [6.45, 7) is 5.55. The quantitative estimate of drug-likeness (QED) is 0.560. The maximum Gasteiger partial charge on any atom is 0.416 e. The van der Waals surface area contributed by atoms with Crippen LogP contribution >= 0.6 is 0 Å². The van der Waals surface area contributed by atoms with Crippen molar-refractivity contribution in [3.05, 3.63) is 70.8 Å². The molecule has 0 atom stereocenters. The molecular formula is C26H34F6N4. The zero-order valence-corrected chi connectivity index (χ0v) is 20.3. The van der Waals surface area contributed by atoms with Crippen molar-refractivity contribution in [3.8, 4) is 0 Å². The topological polar surface area (TPSA) is 30.5 Å². The number of nitrogens with zero attached hydrogens (tertiary/aromatic N) is 2. The molecule has 0 spiro atoms. The summed E-state index contributed by atoms with van der Waals surface area (Å²) < 4.78 is 80.4. The Labute approximate surface area is 208 Å². The second-order valence-electron chi connectivity index (χ2n) is 9.07. The van der Waals surface area contributed by atoms with Gasteiger partial charge in [0.25, 0.3) is 0 Å². The van der Waals surface area contributed by atoms with Crippen LogP contribution in [0.3, 0.4) is 0 Å². The Hall–Kier alpha value is -2.14. The minimum Gasteiger partial charge on any atom is -0.315 e. The van der Waals surface area contributed by atoms with Gasteiger partial charge in [-0.2, -0.15) is 26.3 Å². The summed E-state index contributed by atoms with van der Waals surface area (Å²) in [5.41, 5.74) is -0.645. The van der Waals surface area contributed by atoms with Crippen LogP contribution in [0.25, 0.3) is 0 Å². The second kappa shape index (κ2) is 13.4. The first-order valence-electron chi connectivity index (χ1n) is 12.3. The van der Waals surface area contributed by atoms with Crippen LogP contribution in [0.15, 0.2) is 48.5 Å². The van der Waals surface area contributed by atoms with Gasteiger partial charge in [-0.05, 0) is 62.3 Å². The van der Waals surface area contributed by atoms with E-state index in [0.717, 1.165) is 25.0 Å². The van der Waals surface area contributed by atoms with Crippen LogP contribution in [0, 0.1) is 0 Å². The number of benzene rings is 2. The molecule has 0 unspecified atom stereocenters. The fraction of sp³-hybridized carbons (Fsp3) is 0.538. The molecule has 1 saturated heterocycles. The molecule has 200 valence electrons. The number of hydrogen-bond acceptors (Lipinski definition) is 4. The smallest absolute Gasteiger partial charge is 0.315 e. The fourth-order valence-electron chi connectivity index (χ4n) is 4.47. The molecule has 0 aliphatic carbocycles. The Kier molecular flexibility index (Phi) is 10.6. The molecule has 0 saturated carbocycles. The van der Waals surface area contributed by atoms with Crippen LogP contribution in [0.4, 0.5) is 26.3 Å². The summed E-state index contributed by atoms with van der Waals surface area (Å²) in [4.78, 5) is 4.07. The van der Waals surface area contributed by atoms with Gasteiger partial charge in [0.15, 0.2) is 0 Å². The number of alkyl halides is 6. The molecule has 36 heavy (non-hydrogen) atoms. The van der Waals surface area contributed by atoms with E-state index in [0.29, 0.717) is 52.4 Å². The van der Waals surface area contributed by atoms with E-state index in [2.05, 4.69) is 10.6 Å². The van der Waals surface area contributed by atoms with Crippen LogP contribution in [0.5, 0.6) is 0 Å². The van der Waals surface area contributed by atoms with E-state index in [9.17, 15) is 26.3 Å². The van der Waals surface area contributed by atoms with Gasteiger partial charge in [0.1, 0.15) is 0 Å². The van der Waals surface area contributed by atoms with E-state index in [1.54, 1.807) is 12.1 Å². The van der Waals surface area contributed by atoms with Crippen molar-refractivity contribution < 1.29 is 26.3 Å². The predicted octanol–water partition coefficient (Wildman–Crippen LogP) is 5.00. The largest absolute Gasteiger partial charge is 0.416 e. The van der Waals surface area contributed by atoms with E-state index in [1.807, 2.05) is 9.80 Å². The molecule has 2 aromatic rings. The Morgan fingerprint density at radius 3 is 1.33 bits per heavy atom. The first kappa shape index (κ1) is 28.4. The Morgan fingerprint density at radius 2 is 0.944 bits per heavy atom. The van der Waals surface area contributed by atoms with Gasteiger partial charge in [-0.25, -0.2) is 0 Å². The molecule has 0 radical (unpaired) electrons. The third kappa shape index (κ3) is 9.06. The van der Waals surface area contributed by atoms with Crippen LogP contribution < -0.4 is 10.6 Å². The summed E-state index contributed by atoms with van der Waals surface area (Å²) in [7, 11) is 0. The van der Waals surface area contributed by atoms with Crippen molar-refractivity contribution >= 4 is 0 Å². The number of hydrogen-bond donors (Lipinski definition) is 2. The molecule has 1 fully saturated rings. The molecule has 0 aromatic heterocycles. The van der Waals surface area contributed by atoms with Gasteiger partial charge in [-0.3, -0.25) is 9.80 Å². The summed E-state index contributed by atoms with van der Waals surface area (Å²) in [6, 6.07) is 11.4. The molecule has 10 heteroatoms. The summed E-state index contributed by atoms with van der Waals surface area (Å²) >= 11 is 0. The molecule has 0 amide bonds. The Balaban J connectivity index is 1.56. The van der Waals surface area contributed by atoms with Gasteiger partial charge in [-0.1, -0.05) is 36.4 Å². The first-order valence-corrected chi connectivity index (χ1v) is 12.3. The molecule has 2 aromatic carbocycles. The molecule has 1 heterocycles. The highest BCUT2D eigenvalue weighted by Crippen LogP contribution is 2.33. The zero-order valence-electron chi connectivity index (χ0n) is 20.3. The summed E-state index contributed by atoms with van der Waals surface area (Å²) in [5.74, 6) is 0. The van der Waals surface area contributed by atoms with E-state index in [-0.39, 0.29) is 24.2 Å². The van der Waals surface area contributed by atoms with Crippen molar-refractivity contribution in [1.82, 2.24) is 20.4 Å². The highest BCUT2D eigenvalue weighted by Gasteiger charge is 2.34. The SMILES string of the molecule is FC(F)(F)c1ccccc1CN1CCCNCCN(Cc2ccccc2C(F)(F)F)CCCNCC1. The number of halogens is 6. The first-order chi connectivity index (χ1) is 17.1. The van der Waals surface area contributed by atoms with Crippen molar-refractivity contribution in [1.29, 1.82) is 0 Å². The van der Waals surface area contributed by atoms with Crippen molar-refractivity contribution in [2.45, 2.75) is 38.3 Å². The maximum absolute atomic E-state index is 13.4. The third-order valence-electron chi connectivity index (χ3n) is 6.30. The van der Waals surface area contributed by atoms with E-state index >= 15 is 0 Å². The van der Waals surface area contributed by atoms with Crippen molar-refractivity contribution in [3.63, 3.8) is 0 Å². The van der Waals surface area contributed by atoms with Crippen LogP contribution in [-0.2, 0) is 25.4 Å². The minimum atomic E-state index is -4.38. The minimum absolute atomic E-state index is 0.226. The highest BCUT2D eigenvalue weighted by atomic mass is 19.4. The van der Waals surface area contributed by atoms with Gasteiger partial charge in [-0.15, -0.1) is 0 Å². The van der Waals surface area contributed by atoms with E-state index in [4.69, 9.17) is 0 Å². The average molecular weight is 517 g/mol. The second-order valence-corrected chi connectivity index (χ2v) is 9.07. The van der Waals surface area contributed by atoms with Crippen LogP contribution in [-0.4, -0.2) is 62.2 Å². The molecule has 0 bridgehead atoms. The van der Waals surface area contributed by atoms with E-state index < -0.39 is 23.5 Å². The molecule has 3 rings (SSSR count). The number of rotatable bonds is 4. The molecule has 1 aliphatic rings. The van der Waals surface area contributed by atoms with Crippen molar-refractivity contribution in [2.75, 3.05) is 52.4 Å². The zero-order chi connectivity index (χ0) is 26.0. The molecule has 2 N–H and O–H groups in total. The third-order valence-corrected chi connectivity index (χ3v) is 6.30. The van der Waals surface area contributed by atoms with Gasteiger partial charge in [0.2, 0.25) is 0 Å². The number of nitrogens with one attached hydrogen (secondary N) is 2. The lowest BCUT2D eigenvalue weighted by atomic mass is 10.1. The standard InChI is InChI=1S/C26H34F6N4/c27-25(28,29)23-9-3-1-7-21(23)19-35-15-5-11-34-14-18-36(16-6-12-33-13-17-35)20-22-8-2-4-10-24(22)26(30,31)32/h1-4,7-10,33-34H,5-6,11-20H2. The Bertz CT molecular complexity index is 840. The van der Waals surface area contributed by atoms with Crippen LogP contribution in [0.2, 0.25) is 0 Å². The lowest BCUT2D eigenvalue weighted by Crippen LogP contribution is -2.38. The van der Waals surface area contributed by atoms with Crippen LogP contribution in [0.1, 0.15) is 35.1 Å². The molecule has 4 nitrogen and oxygen atoms in total. The predicted molar refractivity (Wildman–Crippen MR) is 128 cm³/mol. The monoisotopic (exact) mass is 516 g/mol. The highest BCUT2D eigenvalue weighted by molar-refractivity contribution is 5.30. The summed E-state index contributed by atoms with van der Waals surface area (Å²) in [6.07, 6.45) is -7.26. The normalized spacial score (nSPS) is 18.6. The van der Waals surface area contributed by atoms with E-state index in [1.165, 1.54) is 24.3 Å². The molecule has 1 aliphatic heterocycles. The summed E-state index contributed by atoms with van der Waals surface area (Å²) in [5, 5.41) is 6.67. The lowest BCUT2D eigenvalue weighted by molar-refractivity contribution is -0.139. The van der Waals surface area contributed by atoms with Crippen molar-refractivity contribution in [2.24, 2.45) is 0 Å². The fourth-order valence-corrected chi connectivity index (χ4v) is 4.47. The van der Waals surface area contributed by atoms with Gasteiger partial charge >= 0.3 is 12.4 Å². The van der Waals surface area contributed by atoms with Gasteiger partial charge in [0.05, 0.1) is 11.1 Å². The van der Waals surface area contributed by atoms with Gasteiger partial charge in [0, 0.05) is 39.3 Å².